The number of nitrogens with one attached hydrogen (secondary N) is 1. The predicted molar refractivity (Wildman–Crippen MR) is 199 cm³/mol. The summed E-state index contributed by atoms with van der Waals surface area (Å²) in [6.45, 7) is 8.87. The lowest BCUT2D eigenvalue weighted by molar-refractivity contribution is -0.149. The van der Waals surface area contributed by atoms with Crippen molar-refractivity contribution in [1.82, 2.24) is 10.4 Å². The second-order valence-corrected chi connectivity index (χ2v) is 14.7. The van der Waals surface area contributed by atoms with Crippen molar-refractivity contribution in [1.29, 1.82) is 5.26 Å². The molecule has 0 aliphatic heterocycles. The maximum absolute atomic E-state index is 12.7. The molecule has 0 bridgehead atoms. The number of hydrazine groups is 1. The molecule has 282 valence electrons. The van der Waals surface area contributed by atoms with Crippen LogP contribution in [0.2, 0.25) is 5.02 Å². The van der Waals surface area contributed by atoms with Gasteiger partial charge in [-0.3, -0.25) is 19.8 Å². The van der Waals surface area contributed by atoms with Crippen LogP contribution >= 0.6 is 23.2 Å². The lowest BCUT2D eigenvalue weighted by Crippen LogP contribution is -2.55. The number of carbonyl (C=O) groups excluding carboxylic acids is 3. The standard InChI is InChI=1S/C23H19ClF3NO3.C18H19ClN2O2/c1-22(2)17(12-19(24)23(25,26)27)20(22)21(29)31-18(13-28)14-7-6-10-16(11-14)30-15-8-4-3-5-9-15;1-18(2,3)21(17(23)14-7-5-4-6-8-14)20-16(22)13-9-11-15(19)12-10-13/h3-12,17-18,20H,1-2H3;4-12H,1-3H3,(H,20,22)/b19-12-;/t17-,18?,20-;/m0./s1. The van der Waals surface area contributed by atoms with Crippen molar-refractivity contribution in [3.63, 3.8) is 0 Å². The summed E-state index contributed by atoms with van der Waals surface area (Å²) in [6.07, 6.45) is -5.07. The average Bonchev–Trinajstić information content (AvgIpc) is 3.68. The van der Waals surface area contributed by atoms with Gasteiger partial charge in [-0.15, -0.1) is 0 Å². The van der Waals surface area contributed by atoms with Crippen LogP contribution in [0.15, 0.2) is 120 Å². The maximum atomic E-state index is 12.7. The topological polar surface area (TPSA) is 109 Å². The third-order valence-corrected chi connectivity index (χ3v) is 9.06. The summed E-state index contributed by atoms with van der Waals surface area (Å²) < 4.78 is 49.2. The van der Waals surface area contributed by atoms with Gasteiger partial charge in [0.25, 0.3) is 11.8 Å². The summed E-state index contributed by atoms with van der Waals surface area (Å²) in [4.78, 5) is 37.7. The predicted octanol–water partition coefficient (Wildman–Crippen LogP) is 10.5. The van der Waals surface area contributed by atoms with E-state index in [0.717, 1.165) is 6.08 Å². The fourth-order valence-corrected chi connectivity index (χ4v) is 5.68. The van der Waals surface area contributed by atoms with Gasteiger partial charge in [-0.1, -0.05) is 91.7 Å². The van der Waals surface area contributed by atoms with Crippen LogP contribution in [0, 0.1) is 28.6 Å². The molecular formula is C41H38Cl2F3N3O5. The Labute approximate surface area is 322 Å². The smallest absolute Gasteiger partial charge is 0.426 e. The second kappa shape index (κ2) is 17.2. The van der Waals surface area contributed by atoms with E-state index in [0.29, 0.717) is 33.2 Å². The van der Waals surface area contributed by atoms with Crippen LogP contribution in [0.4, 0.5) is 13.2 Å². The van der Waals surface area contributed by atoms with E-state index in [4.69, 9.17) is 32.7 Å². The van der Waals surface area contributed by atoms with Crippen molar-refractivity contribution >= 4 is 41.0 Å². The molecule has 1 fully saturated rings. The van der Waals surface area contributed by atoms with E-state index < -0.39 is 46.1 Å². The number of allylic oxidation sites excluding steroid dienone is 2. The van der Waals surface area contributed by atoms with Crippen LogP contribution in [-0.4, -0.2) is 34.5 Å². The molecular weight excluding hydrogens is 742 g/mol. The van der Waals surface area contributed by atoms with Gasteiger partial charge in [0.05, 0.1) is 11.5 Å². The van der Waals surface area contributed by atoms with Gasteiger partial charge in [-0.2, -0.15) is 18.4 Å². The number of benzene rings is 4. The summed E-state index contributed by atoms with van der Waals surface area (Å²) in [5.41, 5.74) is 2.69. The van der Waals surface area contributed by atoms with Gasteiger partial charge in [-0.25, -0.2) is 5.01 Å². The molecule has 0 saturated heterocycles. The molecule has 1 N–H and O–H groups in total. The van der Waals surface area contributed by atoms with Gasteiger partial charge in [0.1, 0.15) is 22.6 Å². The number of amides is 2. The molecule has 1 aliphatic carbocycles. The lowest BCUT2D eigenvalue weighted by atomic mass is 10.1. The number of alkyl halides is 3. The van der Waals surface area contributed by atoms with Crippen LogP contribution in [0.25, 0.3) is 0 Å². The van der Waals surface area contributed by atoms with E-state index in [9.17, 15) is 32.8 Å². The molecule has 0 radical (unpaired) electrons. The molecule has 4 aromatic rings. The van der Waals surface area contributed by atoms with E-state index in [1.165, 1.54) is 5.01 Å². The zero-order chi connectivity index (χ0) is 39.8. The molecule has 0 spiro atoms. The Hall–Kier alpha value is -5.31. The average molecular weight is 781 g/mol. The summed E-state index contributed by atoms with van der Waals surface area (Å²) in [7, 11) is 0. The molecule has 5 rings (SSSR count). The first-order valence-corrected chi connectivity index (χ1v) is 17.4. The van der Waals surface area contributed by atoms with Crippen molar-refractivity contribution in [3.8, 4) is 17.6 Å². The molecule has 4 aromatic carbocycles. The van der Waals surface area contributed by atoms with E-state index >= 15 is 0 Å². The quantitative estimate of drug-likeness (QED) is 0.141. The minimum atomic E-state index is -4.68. The first-order chi connectivity index (χ1) is 25.3. The van der Waals surface area contributed by atoms with Crippen LogP contribution in [0.3, 0.4) is 0 Å². The minimum absolute atomic E-state index is 0.264. The minimum Gasteiger partial charge on any atom is -0.457 e. The number of hydrogen-bond donors (Lipinski definition) is 1. The molecule has 13 heteroatoms. The van der Waals surface area contributed by atoms with E-state index in [1.807, 2.05) is 51.1 Å². The Morgan fingerprint density at radius 2 is 1.44 bits per heavy atom. The van der Waals surface area contributed by atoms with Crippen molar-refractivity contribution in [2.75, 3.05) is 0 Å². The largest absolute Gasteiger partial charge is 0.457 e. The van der Waals surface area contributed by atoms with Crippen molar-refractivity contribution in [3.05, 3.63) is 142 Å². The number of nitriles is 1. The fourth-order valence-electron chi connectivity index (χ4n) is 5.42. The van der Waals surface area contributed by atoms with Crippen LogP contribution < -0.4 is 10.2 Å². The molecule has 8 nitrogen and oxygen atoms in total. The molecule has 1 aliphatic rings. The Morgan fingerprint density at radius 1 is 0.870 bits per heavy atom. The summed E-state index contributed by atoms with van der Waals surface area (Å²) >= 11 is 11.1. The van der Waals surface area contributed by atoms with Crippen LogP contribution in [0.1, 0.15) is 67.0 Å². The van der Waals surface area contributed by atoms with Crippen LogP contribution in [-0.2, 0) is 9.53 Å². The van der Waals surface area contributed by atoms with Crippen LogP contribution in [0.5, 0.6) is 11.5 Å². The lowest BCUT2D eigenvalue weighted by Gasteiger charge is -2.35. The van der Waals surface area contributed by atoms with E-state index in [-0.39, 0.29) is 11.8 Å². The normalized spacial score (nSPS) is 16.7. The first kappa shape index (κ1) is 41.4. The highest BCUT2D eigenvalue weighted by molar-refractivity contribution is 6.30. The molecule has 1 saturated carbocycles. The SMILES string of the molecule is CC(C)(C)N(NC(=O)c1ccc(Cl)cc1)C(=O)c1ccccc1.CC1(C)[C@H](C(=O)OC(C#N)c2cccc(Oc3ccccc3)c2)[C@@H]1/C=C(\Cl)C(F)(F)F. The number of nitrogens with zero attached hydrogens (tertiary/aromatic N) is 2. The second-order valence-electron chi connectivity index (χ2n) is 13.9. The summed E-state index contributed by atoms with van der Waals surface area (Å²) in [6, 6.07) is 32.8. The number of halogens is 5. The highest BCUT2D eigenvalue weighted by atomic mass is 35.5. The Bertz CT molecular complexity index is 2010. The number of esters is 1. The first-order valence-electron chi connectivity index (χ1n) is 16.7. The molecule has 2 amide bonds. The van der Waals surface area contributed by atoms with Gasteiger partial charge in [0.15, 0.2) is 0 Å². The van der Waals surface area contributed by atoms with Gasteiger partial charge in [0.2, 0.25) is 6.10 Å². The molecule has 54 heavy (non-hydrogen) atoms. The third-order valence-electron chi connectivity index (χ3n) is 8.47. The van der Waals surface area contributed by atoms with Crippen molar-refractivity contribution in [2.24, 2.45) is 17.3 Å². The van der Waals surface area contributed by atoms with Gasteiger partial charge >= 0.3 is 12.1 Å². The van der Waals surface area contributed by atoms with E-state index in [2.05, 4.69) is 5.43 Å². The number of carbonyl (C=O) groups is 3. The van der Waals surface area contributed by atoms with E-state index in [1.54, 1.807) is 98.8 Å². The van der Waals surface area contributed by atoms with Gasteiger partial charge in [-0.05, 0) is 92.8 Å². The Morgan fingerprint density at radius 3 is 2.00 bits per heavy atom. The molecule has 0 aromatic heterocycles. The highest BCUT2D eigenvalue weighted by Gasteiger charge is 2.62. The number of ether oxygens (including phenoxy) is 2. The van der Waals surface area contributed by atoms with Gasteiger partial charge < -0.3 is 9.47 Å². The monoisotopic (exact) mass is 779 g/mol. The van der Waals surface area contributed by atoms with Crippen molar-refractivity contribution in [2.45, 2.75) is 52.4 Å². The Kier molecular flexibility index (Phi) is 13.2. The fraction of sp³-hybridized carbons (Fsp3) is 0.268. The maximum Gasteiger partial charge on any atom is 0.426 e. The van der Waals surface area contributed by atoms with Gasteiger partial charge in [0, 0.05) is 21.7 Å². The van der Waals surface area contributed by atoms with Crippen molar-refractivity contribution < 1.29 is 37.0 Å². The molecule has 3 atom stereocenters. The highest BCUT2D eigenvalue weighted by Crippen LogP contribution is 2.60. The third kappa shape index (κ3) is 10.9. The zero-order valence-electron chi connectivity index (χ0n) is 30.0. The summed E-state index contributed by atoms with van der Waals surface area (Å²) in [5, 5.41) is 10.1. The number of rotatable bonds is 8. The summed E-state index contributed by atoms with van der Waals surface area (Å²) in [5.74, 6) is -1.89. The molecule has 1 unspecified atom stereocenters. The Balaban J connectivity index is 0.000000252. The number of hydrogen-bond acceptors (Lipinski definition) is 6. The number of para-hydroxylation sites is 1. The molecule has 0 heterocycles. The zero-order valence-corrected chi connectivity index (χ0v) is 31.5.